The standard InChI is InChI=1S/C31H33ClFN7O3/c32-28-22(33)6-5-19-3-1-4-25(27(19)28)38-14-10-21-23(18-38)35-30(43-26-8-7-24(26)37-12-2-13-37)36-29(21)39-15-16-40(31(41)42)20(17-39)9-11-34/h1,3-6,20,24,26H,2,7-10,12-18H2,(H,41,42)/t20-,24?,26?/m0/s1. The molecule has 4 heterocycles. The lowest BCUT2D eigenvalue weighted by molar-refractivity contribution is -0.0362. The zero-order chi connectivity index (χ0) is 29.7. The monoisotopic (exact) mass is 605 g/mol. The van der Waals surface area contributed by atoms with Crippen molar-refractivity contribution in [1.29, 1.82) is 5.26 Å². The van der Waals surface area contributed by atoms with Crippen LogP contribution in [0.15, 0.2) is 30.3 Å². The number of nitriles is 1. The number of anilines is 2. The Bertz CT molecular complexity index is 1610. The summed E-state index contributed by atoms with van der Waals surface area (Å²) in [4.78, 5) is 29.8. The van der Waals surface area contributed by atoms with Gasteiger partial charge < -0.3 is 24.5 Å². The summed E-state index contributed by atoms with van der Waals surface area (Å²) >= 11 is 6.48. The van der Waals surface area contributed by atoms with Gasteiger partial charge in [0.2, 0.25) is 0 Å². The first kappa shape index (κ1) is 27.9. The molecular weight excluding hydrogens is 573 g/mol. The zero-order valence-corrected chi connectivity index (χ0v) is 24.5. The maximum Gasteiger partial charge on any atom is 0.407 e. The Morgan fingerprint density at radius 3 is 2.70 bits per heavy atom. The molecule has 1 amide bonds. The van der Waals surface area contributed by atoms with Crippen molar-refractivity contribution >= 4 is 40.0 Å². The van der Waals surface area contributed by atoms with Gasteiger partial charge in [-0.1, -0.05) is 29.8 Å². The van der Waals surface area contributed by atoms with E-state index in [1.807, 2.05) is 18.2 Å². The molecular formula is C31H33ClFN7O3. The van der Waals surface area contributed by atoms with Crippen LogP contribution in [0.5, 0.6) is 6.01 Å². The highest BCUT2D eigenvalue weighted by Gasteiger charge is 2.40. The van der Waals surface area contributed by atoms with Crippen molar-refractivity contribution in [3.63, 3.8) is 0 Å². The van der Waals surface area contributed by atoms with Crippen LogP contribution in [0.3, 0.4) is 0 Å². The topological polar surface area (TPSA) is 109 Å². The number of ether oxygens (including phenoxy) is 1. The van der Waals surface area contributed by atoms with E-state index in [4.69, 9.17) is 26.3 Å². The van der Waals surface area contributed by atoms with Crippen LogP contribution in [-0.2, 0) is 13.0 Å². The average Bonchev–Trinajstić information content (AvgIpc) is 2.98. The normalized spacial score (nSPS) is 23.7. The van der Waals surface area contributed by atoms with Crippen LogP contribution >= 0.6 is 11.6 Å². The van der Waals surface area contributed by atoms with Crippen LogP contribution in [0.25, 0.3) is 10.8 Å². The second kappa shape index (κ2) is 11.3. The molecule has 0 radical (unpaired) electrons. The summed E-state index contributed by atoms with van der Waals surface area (Å²) in [5.41, 5.74) is 2.66. The van der Waals surface area contributed by atoms with Crippen molar-refractivity contribution < 1.29 is 19.0 Å². The molecule has 0 bridgehead atoms. The van der Waals surface area contributed by atoms with Crippen LogP contribution in [0.2, 0.25) is 5.02 Å². The molecule has 3 aromatic rings. The van der Waals surface area contributed by atoms with E-state index in [1.165, 1.54) is 17.4 Å². The second-order valence-electron chi connectivity index (χ2n) is 11.8. The fourth-order valence-corrected chi connectivity index (χ4v) is 7.13. The summed E-state index contributed by atoms with van der Waals surface area (Å²) < 4.78 is 21.0. The van der Waals surface area contributed by atoms with Gasteiger partial charge in [-0.15, -0.1) is 0 Å². The largest absolute Gasteiger partial charge is 0.465 e. The number of likely N-dealkylation sites (tertiary alicyclic amines) is 1. The molecule has 1 N–H and O–H groups in total. The summed E-state index contributed by atoms with van der Waals surface area (Å²) in [6.45, 7) is 4.40. The van der Waals surface area contributed by atoms with Gasteiger partial charge in [0, 0.05) is 48.9 Å². The predicted octanol–water partition coefficient (Wildman–Crippen LogP) is 4.68. The number of hydrogen-bond donors (Lipinski definition) is 1. The first-order valence-electron chi connectivity index (χ1n) is 14.9. The number of piperazine rings is 1. The third kappa shape index (κ3) is 5.06. The molecule has 7 rings (SSSR count). The third-order valence-electron chi connectivity index (χ3n) is 9.42. The van der Waals surface area contributed by atoms with Crippen molar-refractivity contribution in [1.82, 2.24) is 19.8 Å². The van der Waals surface area contributed by atoms with E-state index in [9.17, 15) is 19.6 Å². The Kier molecular flexibility index (Phi) is 7.35. The highest BCUT2D eigenvalue weighted by Crippen LogP contribution is 2.39. The quantitative estimate of drug-likeness (QED) is 0.428. The van der Waals surface area contributed by atoms with Gasteiger partial charge in [-0.25, -0.2) is 9.18 Å². The van der Waals surface area contributed by atoms with Crippen molar-refractivity contribution in [3.05, 3.63) is 52.4 Å². The number of halogens is 2. The minimum Gasteiger partial charge on any atom is -0.465 e. The molecule has 2 saturated heterocycles. The highest BCUT2D eigenvalue weighted by molar-refractivity contribution is 6.36. The van der Waals surface area contributed by atoms with Crippen molar-refractivity contribution in [2.45, 2.75) is 56.8 Å². The van der Waals surface area contributed by atoms with Gasteiger partial charge in [0.25, 0.3) is 0 Å². The van der Waals surface area contributed by atoms with Gasteiger partial charge in [-0.3, -0.25) is 4.90 Å². The predicted molar refractivity (Wildman–Crippen MR) is 160 cm³/mol. The Morgan fingerprint density at radius 1 is 1.12 bits per heavy atom. The molecule has 12 heteroatoms. The number of rotatable bonds is 6. The minimum atomic E-state index is -1.02. The lowest BCUT2D eigenvalue weighted by atomic mass is 9.86. The number of aromatic nitrogens is 2. The molecule has 4 aliphatic rings. The molecule has 43 heavy (non-hydrogen) atoms. The number of amides is 1. The number of hydrogen-bond acceptors (Lipinski definition) is 8. The Balaban J connectivity index is 1.24. The maximum atomic E-state index is 14.5. The fraction of sp³-hybridized carbons (Fsp3) is 0.484. The molecule has 3 aliphatic heterocycles. The summed E-state index contributed by atoms with van der Waals surface area (Å²) in [5, 5.41) is 20.8. The van der Waals surface area contributed by atoms with Crippen LogP contribution in [0.4, 0.5) is 20.7 Å². The minimum absolute atomic E-state index is 0.0286. The van der Waals surface area contributed by atoms with E-state index in [0.29, 0.717) is 50.0 Å². The molecule has 3 fully saturated rings. The van der Waals surface area contributed by atoms with Gasteiger partial charge in [-0.05, 0) is 56.3 Å². The summed E-state index contributed by atoms with van der Waals surface area (Å²) in [5.74, 6) is 0.290. The molecule has 2 unspecified atom stereocenters. The number of nitrogens with zero attached hydrogens (tertiary/aromatic N) is 7. The third-order valence-corrected chi connectivity index (χ3v) is 9.79. The first-order valence-corrected chi connectivity index (χ1v) is 15.3. The van der Waals surface area contributed by atoms with Gasteiger partial charge >= 0.3 is 12.1 Å². The van der Waals surface area contributed by atoms with Crippen molar-refractivity contribution in [2.75, 3.05) is 49.1 Å². The van der Waals surface area contributed by atoms with Gasteiger partial charge in [-0.2, -0.15) is 15.2 Å². The lowest BCUT2D eigenvalue weighted by Crippen LogP contribution is -2.57. The van der Waals surface area contributed by atoms with Crippen LogP contribution in [-0.4, -0.2) is 88.4 Å². The fourth-order valence-electron chi connectivity index (χ4n) is 6.86. The highest BCUT2D eigenvalue weighted by atomic mass is 35.5. The van der Waals surface area contributed by atoms with Crippen molar-refractivity contribution in [3.8, 4) is 12.1 Å². The number of carboxylic acid groups (broad SMARTS) is 1. The average molecular weight is 606 g/mol. The molecule has 2 aromatic carbocycles. The van der Waals surface area contributed by atoms with E-state index in [1.54, 1.807) is 6.07 Å². The van der Waals surface area contributed by atoms with E-state index in [0.717, 1.165) is 54.1 Å². The SMILES string of the molecule is N#CC[C@H]1CN(c2nc(OC3CCC3N3CCC3)nc3c2CCN(c2cccc4ccc(F)c(Cl)c24)C3)CCN1C(=O)O. The van der Waals surface area contributed by atoms with Crippen LogP contribution in [0, 0.1) is 17.1 Å². The molecule has 1 saturated carbocycles. The molecule has 1 aliphatic carbocycles. The zero-order valence-electron chi connectivity index (χ0n) is 23.8. The van der Waals surface area contributed by atoms with Crippen LogP contribution < -0.4 is 14.5 Å². The maximum absolute atomic E-state index is 14.5. The van der Waals surface area contributed by atoms with Gasteiger partial charge in [0.1, 0.15) is 17.7 Å². The summed E-state index contributed by atoms with van der Waals surface area (Å²) in [7, 11) is 0. The molecule has 1 aromatic heterocycles. The molecule has 10 nitrogen and oxygen atoms in total. The number of fused-ring (bicyclic) bond motifs is 2. The van der Waals surface area contributed by atoms with Gasteiger partial charge in [0.05, 0.1) is 35.8 Å². The van der Waals surface area contributed by atoms with Gasteiger partial charge in [0.15, 0.2) is 0 Å². The van der Waals surface area contributed by atoms with Crippen LogP contribution in [0.1, 0.15) is 36.9 Å². The summed E-state index contributed by atoms with van der Waals surface area (Å²) in [6, 6.07) is 11.4. The van der Waals surface area contributed by atoms with E-state index >= 15 is 0 Å². The molecule has 3 atom stereocenters. The number of benzene rings is 2. The van der Waals surface area contributed by atoms with E-state index in [-0.39, 0.29) is 24.1 Å². The Morgan fingerprint density at radius 2 is 1.98 bits per heavy atom. The lowest BCUT2D eigenvalue weighted by Gasteiger charge is -2.47. The van der Waals surface area contributed by atoms with E-state index < -0.39 is 18.0 Å². The number of carbonyl (C=O) groups is 1. The Labute approximate surface area is 254 Å². The molecule has 224 valence electrons. The smallest absolute Gasteiger partial charge is 0.407 e. The van der Waals surface area contributed by atoms with E-state index in [2.05, 4.69) is 20.8 Å². The first-order chi connectivity index (χ1) is 20.9. The van der Waals surface area contributed by atoms with Crippen molar-refractivity contribution in [2.24, 2.45) is 0 Å². The Hall–Kier alpha value is -3.88. The molecule has 0 spiro atoms. The summed E-state index contributed by atoms with van der Waals surface area (Å²) in [6.07, 6.45) is 3.01. The second-order valence-corrected chi connectivity index (χ2v) is 12.2.